The van der Waals surface area contributed by atoms with Gasteiger partial charge in [-0.05, 0) is 67.1 Å². The van der Waals surface area contributed by atoms with Crippen molar-refractivity contribution in [1.82, 2.24) is 14.5 Å². The summed E-state index contributed by atoms with van der Waals surface area (Å²) in [6.07, 6.45) is 0. The molecule has 5 aromatic carbocycles. The van der Waals surface area contributed by atoms with Crippen molar-refractivity contribution in [2.24, 2.45) is 0 Å². The van der Waals surface area contributed by atoms with Gasteiger partial charge in [-0.3, -0.25) is 4.57 Å². The first kappa shape index (κ1) is 23.6. The van der Waals surface area contributed by atoms with Gasteiger partial charge in [0.25, 0.3) is 0 Å². The van der Waals surface area contributed by atoms with Crippen molar-refractivity contribution >= 4 is 43.9 Å². The number of fused-ring (bicyclic) bond motifs is 6. The van der Waals surface area contributed by atoms with Crippen LogP contribution in [0.4, 0.5) is 0 Å². The first-order chi connectivity index (χ1) is 20.1. The highest BCUT2D eigenvalue weighted by atomic mass is 16.3. The second-order valence-corrected chi connectivity index (χ2v) is 10.8. The normalized spacial score (nSPS) is 11.8. The van der Waals surface area contributed by atoms with Gasteiger partial charge in [-0.1, -0.05) is 84.9 Å². The first-order valence-electron chi connectivity index (χ1n) is 13.9. The SMILES string of the molecule is Cc1cc2c(nc1C)oc1c(-c3nc4ccc5ccccc5c4n3-c3ccccc3-c3ccccc3)ccc(C)c12. The number of rotatable bonds is 3. The Hall–Kier alpha value is -5.22. The number of hydrogen-bond donors (Lipinski definition) is 0. The molecular formula is C37H27N3O. The lowest BCUT2D eigenvalue weighted by molar-refractivity contribution is 0.652. The number of hydrogen-bond acceptors (Lipinski definition) is 3. The van der Waals surface area contributed by atoms with Gasteiger partial charge in [0.2, 0.25) is 5.71 Å². The van der Waals surface area contributed by atoms with E-state index in [0.717, 1.165) is 77.8 Å². The third kappa shape index (κ3) is 3.54. The molecule has 0 aliphatic rings. The van der Waals surface area contributed by atoms with E-state index in [9.17, 15) is 0 Å². The molecule has 8 aromatic rings. The van der Waals surface area contributed by atoms with Crippen molar-refractivity contribution in [3.63, 3.8) is 0 Å². The maximum atomic E-state index is 6.58. The monoisotopic (exact) mass is 529 g/mol. The fourth-order valence-electron chi connectivity index (χ4n) is 6.12. The summed E-state index contributed by atoms with van der Waals surface area (Å²) >= 11 is 0. The van der Waals surface area contributed by atoms with Crippen molar-refractivity contribution in [3.05, 3.63) is 126 Å². The summed E-state index contributed by atoms with van der Waals surface area (Å²) in [5.74, 6) is 0.845. The Morgan fingerprint density at radius 1 is 0.634 bits per heavy atom. The smallest absolute Gasteiger partial charge is 0.227 e. The fraction of sp³-hybridized carbons (Fsp3) is 0.0811. The average Bonchev–Trinajstić information content (AvgIpc) is 3.57. The van der Waals surface area contributed by atoms with Crippen LogP contribution in [0.5, 0.6) is 0 Å². The molecule has 0 N–H and O–H groups in total. The van der Waals surface area contributed by atoms with E-state index in [1.54, 1.807) is 0 Å². The number of furan rings is 1. The minimum atomic E-state index is 0.663. The predicted molar refractivity (Wildman–Crippen MR) is 169 cm³/mol. The summed E-state index contributed by atoms with van der Waals surface area (Å²) in [6.45, 7) is 6.27. The lowest BCUT2D eigenvalue weighted by Crippen LogP contribution is -2.01. The third-order valence-electron chi connectivity index (χ3n) is 8.28. The number of benzene rings is 5. The topological polar surface area (TPSA) is 43.9 Å². The summed E-state index contributed by atoms with van der Waals surface area (Å²) < 4.78 is 8.90. The summed E-state index contributed by atoms with van der Waals surface area (Å²) in [5, 5.41) is 4.47. The molecule has 0 amide bonds. The molecule has 0 spiro atoms. The quantitative estimate of drug-likeness (QED) is 0.229. The summed E-state index contributed by atoms with van der Waals surface area (Å²) in [4.78, 5) is 10.1. The summed E-state index contributed by atoms with van der Waals surface area (Å²) in [5.41, 5.74) is 11.1. The molecule has 0 atom stereocenters. The van der Waals surface area contributed by atoms with E-state index in [2.05, 4.69) is 128 Å². The number of aryl methyl sites for hydroxylation is 3. The fourth-order valence-corrected chi connectivity index (χ4v) is 6.12. The highest BCUT2D eigenvalue weighted by Crippen LogP contribution is 2.42. The van der Waals surface area contributed by atoms with Gasteiger partial charge in [-0.2, -0.15) is 0 Å². The molecule has 8 rings (SSSR count). The Morgan fingerprint density at radius 2 is 1.41 bits per heavy atom. The molecule has 0 aliphatic carbocycles. The lowest BCUT2D eigenvalue weighted by atomic mass is 10.0. The van der Waals surface area contributed by atoms with E-state index >= 15 is 0 Å². The molecule has 0 saturated heterocycles. The molecule has 196 valence electrons. The number of para-hydroxylation sites is 1. The molecule has 0 saturated carbocycles. The van der Waals surface area contributed by atoms with Crippen LogP contribution in [0.3, 0.4) is 0 Å². The van der Waals surface area contributed by atoms with Gasteiger partial charge in [0, 0.05) is 27.4 Å². The molecule has 0 bridgehead atoms. The van der Waals surface area contributed by atoms with Crippen molar-refractivity contribution in [2.45, 2.75) is 20.8 Å². The summed E-state index contributed by atoms with van der Waals surface area (Å²) in [7, 11) is 0. The van der Waals surface area contributed by atoms with Gasteiger partial charge in [0.05, 0.1) is 22.3 Å². The van der Waals surface area contributed by atoms with E-state index in [1.165, 1.54) is 5.39 Å². The lowest BCUT2D eigenvalue weighted by Gasteiger charge is -2.16. The first-order valence-corrected chi connectivity index (χ1v) is 13.9. The molecule has 3 aromatic heterocycles. The minimum absolute atomic E-state index is 0.663. The van der Waals surface area contributed by atoms with Crippen LogP contribution >= 0.6 is 0 Å². The van der Waals surface area contributed by atoms with Crippen LogP contribution < -0.4 is 0 Å². The van der Waals surface area contributed by atoms with E-state index < -0.39 is 0 Å². The van der Waals surface area contributed by atoms with Gasteiger partial charge >= 0.3 is 0 Å². The van der Waals surface area contributed by atoms with E-state index in [-0.39, 0.29) is 0 Å². The Balaban J connectivity index is 1.54. The van der Waals surface area contributed by atoms with Crippen molar-refractivity contribution < 1.29 is 4.42 Å². The van der Waals surface area contributed by atoms with Crippen molar-refractivity contribution in [1.29, 1.82) is 0 Å². The van der Waals surface area contributed by atoms with E-state index in [4.69, 9.17) is 14.4 Å². The maximum Gasteiger partial charge on any atom is 0.227 e. The van der Waals surface area contributed by atoms with Crippen LogP contribution in [-0.2, 0) is 0 Å². The molecule has 4 nitrogen and oxygen atoms in total. The molecule has 3 heterocycles. The molecule has 4 heteroatoms. The van der Waals surface area contributed by atoms with Crippen LogP contribution in [0.15, 0.2) is 114 Å². The van der Waals surface area contributed by atoms with Crippen LogP contribution in [0.25, 0.3) is 72.1 Å². The summed E-state index contributed by atoms with van der Waals surface area (Å²) in [6, 6.07) is 38.5. The van der Waals surface area contributed by atoms with Crippen LogP contribution in [-0.4, -0.2) is 14.5 Å². The Morgan fingerprint density at radius 3 is 2.29 bits per heavy atom. The second kappa shape index (κ2) is 8.90. The zero-order valence-electron chi connectivity index (χ0n) is 23.1. The average molecular weight is 530 g/mol. The van der Waals surface area contributed by atoms with Crippen molar-refractivity contribution in [3.8, 4) is 28.2 Å². The zero-order chi connectivity index (χ0) is 27.7. The predicted octanol–water partition coefficient (Wildman–Crippen LogP) is 9.73. The van der Waals surface area contributed by atoms with Gasteiger partial charge in [-0.25, -0.2) is 9.97 Å². The third-order valence-corrected chi connectivity index (χ3v) is 8.28. The van der Waals surface area contributed by atoms with Gasteiger partial charge in [0.15, 0.2) is 0 Å². The molecule has 0 radical (unpaired) electrons. The molecule has 41 heavy (non-hydrogen) atoms. The van der Waals surface area contributed by atoms with Gasteiger partial charge < -0.3 is 4.42 Å². The molecule has 0 unspecified atom stereocenters. The Labute approximate surface area is 237 Å². The van der Waals surface area contributed by atoms with E-state index in [1.807, 2.05) is 6.92 Å². The van der Waals surface area contributed by atoms with Gasteiger partial charge in [-0.15, -0.1) is 0 Å². The van der Waals surface area contributed by atoms with Crippen LogP contribution in [0, 0.1) is 20.8 Å². The number of pyridine rings is 1. The van der Waals surface area contributed by atoms with Gasteiger partial charge in [0.1, 0.15) is 11.4 Å². The highest BCUT2D eigenvalue weighted by Gasteiger charge is 2.23. The second-order valence-electron chi connectivity index (χ2n) is 10.8. The number of nitrogens with zero attached hydrogens (tertiary/aromatic N) is 3. The largest absolute Gasteiger partial charge is 0.437 e. The standard InChI is InChI=1S/C37H27N3O/c1-22-17-19-29(35-33(22)30-21-23(2)24(3)38-37(30)41-35)36-39-31-20-18-26-13-7-8-15-28(26)34(31)40(36)32-16-10-9-14-27(32)25-11-5-4-6-12-25/h4-21H,1-3H3. The number of imidazole rings is 1. The maximum absolute atomic E-state index is 6.58. The van der Waals surface area contributed by atoms with E-state index in [0.29, 0.717) is 5.71 Å². The molecular weight excluding hydrogens is 502 g/mol. The Kier molecular flexibility index (Phi) is 5.13. The minimum Gasteiger partial charge on any atom is -0.437 e. The molecule has 0 fully saturated rings. The van der Waals surface area contributed by atoms with Crippen LogP contribution in [0.2, 0.25) is 0 Å². The highest BCUT2D eigenvalue weighted by molar-refractivity contribution is 6.12. The Bertz CT molecular complexity index is 2290. The van der Waals surface area contributed by atoms with Crippen LogP contribution in [0.1, 0.15) is 16.8 Å². The molecule has 0 aliphatic heterocycles. The zero-order valence-corrected chi connectivity index (χ0v) is 23.1. The van der Waals surface area contributed by atoms with Crippen molar-refractivity contribution in [2.75, 3.05) is 0 Å². The number of aromatic nitrogens is 3.